The van der Waals surface area contributed by atoms with E-state index in [4.69, 9.17) is 0 Å². The molecule has 0 N–H and O–H groups in total. The first-order chi connectivity index (χ1) is 0. The first-order valence-corrected chi connectivity index (χ1v) is 0. The minimum absolute atomic E-state index is 0. The number of hydrogen-bond acceptors (Lipinski definition) is 0. The van der Waals surface area contributed by atoms with Crippen LogP contribution >= 0.6 is 0 Å². The van der Waals surface area contributed by atoms with Gasteiger partial charge < -0.3 is 27.4 Å². The first kappa shape index (κ1) is 295. The molecular formula is Cr2Fe2O5. The van der Waals surface area contributed by atoms with E-state index in [1.807, 2.05) is 0 Å². The summed E-state index contributed by atoms with van der Waals surface area (Å²) in [5.74, 6) is 0. The van der Waals surface area contributed by atoms with Gasteiger partial charge >= 0.3 is 68.9 Å². The molecule has 9 heteroatoms. The second kappa shape index (κ2) is 217. The Morgan fingerprint density at radius 1 is 0.333 bits per heavy atom. The maximum absolute atomic E-state index is 0. The van der Waals surface area contributed by atoms with E-state index in [0.29, 0.717) is 0 Å². The monoisotopic (exact) mass is 296 g/mol. The predicted molar refractivity (Wildman–Crippen MR) is 3.43 cm³/mol. The summed E-state index contributed by atoms with van der Waals surface area (Å²) in [5, 5.41) is 0. The summed E-state index contributed by atoms with van der Waals surface area (Å²) in [4.78, 5) is 0. The molecule has 9 heavy (non-hydrogen) atoms. The standard InChI is InChI=1S/2Cr.2Fe.5O/q2*+3;2*+2;5*-2. The van der Waals surface area contributed by atoms with Crippen molar-refractivity contribution in [2.45, 2.75) is 0 Å². The first-order valence-electron chi connectivity index (χ1n) is 0. The SMILES string of the molecule is [Cr+3].[Cr+3].[Fe+2].[Fe+2].[O-2].[O-2].[O-2].[O-2].[O-2]. The van der Waals surface area contributed by atoms with Crippen LogP contribution in [0, 0.1) is 0 Å². The third kappa shape index (κ3) is 171. The summed E-state index contributed by atoms with van der Waals surface area (Å²) in [5.41, 5.74) is 0. The van der Waals surface area contributed by atoms with Crippen molar-refractivity contribution in [2.75, 3.05) is 0 Å². The maximum atomic E-state index is 0. The third-order valence-corrected chi connectivity index (χ3v) is 0. The number of hydrogen-bond donors (Lipinski definition) is 0. The molecule has 0 aliphatic carbocycles. The maximum Gasteiger partial charge on any atom is 3.00 e. The van der Waals surface area contributed by atoms with E-state index < -0.39 is 0 Å². The molecular weight excluding hydrogens is 296 g/mol. The molecule has 5 nitrogen and oxygen atoms in total. The van der Waals surface area contributed by atoms with Gasteiger partial charge in [-0.05, 0) is 0 Å². The average molecular weight is 296 g/mol. The molecule has 0 rings (SSSR count). The Balaban J connectivity index is 0. The molecule has 0 saturated carbocycles. The summed E-state index contributed by atoms with van der Waals surface area (Å²) in [6.07, 6.45) is 0. The minimum Gasteiger partial charge on any atom is -2.00 e. The van der Waals surface area contributed by atoms with E-state index >= 15 is 0 Å². The van der Waals surface area contributed by atoms with Crippen molar-refractivity contribution in [1.29, 1.82) is 0 Å². The molecule has 0 atom stereocenters. The van der Waals surface area contributed by atoms with Crippen molar-refractivity contribution in [3.05, 3.63) is 0 Å². The van der Waals surface area contributed by atoms with E-state index in [9.17, 15) is 0 Å². The van der Waals surface area contributed by atoms with E-state index in [1.165, 1.54) is 0 Å². The van der Waals surface area contributed by atoms with E-state index in [1.54, 1.807) is 0 Å². The Morgan fingerprint density at radius 2 is 0.333 bits per heavy atom. The van der Waals surface area contributed by atoms with Gasteiger partial charge in [-0.15, -0.1) is 0 Å². The Bertz CT molecular complexity index is 12.9. The molecule has 58 valence electrons. The van der Waals surface area contributed by atoms with Crippen LogP contribution in [-0.2, 0) is 96.2 Å². The van der Waals surface area contributed by atoms with E-state index in [2.05, 4.69) is 0 Å². The van der Waals surface area contributed by atoms with Crippen molar-refractivity contribution >= 4 is 0 Å². The molecule has 0 heterocycles. The molecule has 0 aliphatic rings. The zero-order valence-corrected chi connectivity index (χ0v) is 8.32. The average Bonchev–Trinajstić information content (AvgIpc) is 0. The van der Waals surface area contributed by atoms with Crippen LogP contribution in [0.2, 0.25) is 0 Å². The number of rotatable bonds is 0. The fraction of sp³-hybridized carbons (Fsp3) is 0. The van der Waals surface area contributed by atoms with Gasteiger partial charge in [0.25, 0.3) is 0 Å². The van der Waals surface area contributed by atoms with Gasteiger partial charge in [-0.25, -0.2) is 0 Å². The van der Waals surface area contributed by atoms with Gasteiger partial charge in [-0.3, -0.25) is 0 Å². The molecule has 0 aliphatic heterocycles. The quantitative estimate of drug-likeness (QED) is 0.526. The van der Waals surface area contributed by atoms with Crippen LogP contribution in [0.3, 0.4) is 0 Å². The van der Waals surface area contributed by atoms with Crippen LogP contribution in [0.5, 0.6) is 0 Å². The van der Waals surface area contributed by atoms with Crippen molar-refractivity contribution in [3.63, 3.8) is 0 Å². The van der Waals surface area contributed by atoms with Crippen LogP contribution in [0.4, 0.5) is 0 Å². The zero-order valence-electron chi connectivity index (χ0n) is 3.56. The van der Waals surface area contributed by atoms with Crippen molar-refractivity contribution in [1.82, 2.24) is 0 Å². The molecule has 0 unspecified atom stereocenters. The molecule has 0 aromatic heterocycles. The normalized spacial score (nSPS) is 0. The van der Waals surface area contributed by atoms with Gasteiger partial charge in [0, 0.05) is 0 Å². The van der Waals surface area contributed by atoms with E-state index in [0.717, 1.165) is 0 Å². The summed E-state index contributed by atoms with van der Waals surface area (Å²) in [6, 6.07) is 0. The molecule has 0 aromatic carbocycles. The van der Waals surface area contributed by atoms with Gasteiger partial charge in [0.15, 0.2) is 0 Å². The second-order valence-corrected chi connectivity index (χ2v) is 0. The Kier molecular flexibility index (Phi) is 7100. The van der Waals surface area contributed by atoms with Crippen molar-refractivity contribution < 1.29 is 96.2 Å². The largest absolute Gasteiger partial charge is 3.00 e. The van der Waals surface area contributed by atoms with Crippen LogP contribution in [-0.4, -0.2) is 0 Å². The summed E-state index contributed by atoms with van der Waals surface area (Å²) in [7, 11) is 0. The fourth-order valence-corrected chi connectivity index (χ4v) is 0. The second-order valence-electron chi connectivity index (χ2n) is 0. The third-order valence-electron chi connectivity index (χ3n) is 0. The molecule has 0 bridgehead atoms. The van der Waals surface area contributed by atoms with E-state index in [-0.39, 0.29) is 96.2 Å². The molecule has 0 amide bonds. The molecule has 0 spiro atoms. The van der Waals surface area contributed by atoms with Gasteiger partial charge in [0.2, 0.25) is 0 Å². The predicted octanol–water partition coefficient (Wildman–Crippen LogP) is -0.604. The summed E-state index contributed by atoms with van der Waals surface area (Å²) in [6.45, 7) is 0. The summed E-state index contributed by atoms with van der Waals surface area (Å²) >= 11 is 0. The topological polar surface area (TPSA) is 142 Å². The Hall–Kier alpha value is 1.90. The molecule has 0 saturated heterocycles. The molecule has 0 aromatic rings. The zero-order chi connectivity index (χ0) is 0. The van der Waals surface area contributed by atoms with Gasteiger partial charge in [0.1, 0.15) is 0 Å². The van der Waals surface area contributed by atoms with Crippen LogP contribution in [0.25, 0.3) is 0 Å². The van der Waals surface area contributed by atoms with Gasteiger partial charge in [-0.1, -0.05) is 0 Å². The summed E-state index contributed by atoms with van der Waals surface area (Å²) < 4.78 is 0. The van der Waals surface area contributed by atoms with Crippen LogP contribution < -0.4 is 0 Å². The van der Waals surface area contributed by atoms with Crippen molar-refractivity contribution in [2.24, 2.45) is 0 Å². The fourth-order valence-electron chi connectivity index (χ4n) is 0. The molecule has 0 fully saturated rings. The van der Waals surface area contributed by atoms with Crippen LogP contribution in [0.15, 0.2) is 0 Å². The van der Waals surface area contributed by atoms with Crippen LogP contribution in [0.1, 0.15) is 0 Å². The molecule has 2 radical (unpaired) electrons. The Morgan fingerprint density at radius 3 is 0.333 bits per heavy atom. The van der Waals surface area contributed by atoms with Gasteiger partial charge in [0.05, 0.1) is 0 Å². The minimum atomic E-state index is 0. The Labute approximate surface area is 95.7 Å². The van der Waals surface area contributed by atoms with Gasteiger partial charge in [-0.2, -0.15) is 0 Å². The van der Waals surface area contributed by atoms with Crippen molar-refractivity contribution in [3.8, 4) is 0 Å². The smallest absolute Gasteiger partial charge is 2.00 e.